The largest absolute Gasteiger partial charge is 0.478 e. The molecule has 0 aromatic carbocycles. The van der Waals surface area contributed by atoms with Crippen molar-refractivity contribution in [2.24, 2.45) is 5.92 Å². The number of aromatic nitrogens is 1. The van der Waals surface area contributed by atoms with Gasteiger partial charge in [-0.25, -0.2) is 4.79 Å². The van der Waals surface area contributed by atoms with Crippen LogP contribution in [-0.2, 0) is 6.42 Å². The molecule has 0 saturated carbocycles. The number of carbonyl (C=O) groups is 1. The zero-order valence-electron chi connectivity index (χ0n) is 9.95. The van der Waals surface area contributed by atoms with Crippen LogP contribution < -0.4 is 0 Å². The first-order chi connectivity index (χ1) is 7.49. The van der Waals surface area contributed by atoms with E-state index in [2.05, 4.69) is 18.8 Å². The van der Waals surface area contributed by atoms with Crippen LogP contribution in [0.3, 0.4) is 0 Å². The fourth-order valence-corrected chi connectivity index (χ4v) is 2.65. The SMILES string of the molecule is Cc1nc2c(cc1C(=O)O)CC(C)CC2C. The second kappa shape index (κ2) is 3.89. The maximum absolute atomic E-state index is 11.0. The molecule has 1 aliphatic rings. The van der Waals surface area contributed by atoms with E-state index in [1.54, 1.807) is 6.92 Å². The highest BCUT2D eigenvalue weighted by Crippen LogP contribution is 2.33. The van der Waals surface area contributed by atoms with Gasteiger partial charge in [-0.3, -0.25) is 4.98 Å². The zero-order chi connectivity index (χ0) is 11.9. The van der Waals surface area contributed by atoms with E-state index >= 15 is 0 Å². The molecule has 3 heteroatoms. The van der Waals surface area contributed by atoms with Gasteiger partial charge in [-0.2, -0.15) is 0 Å². The number of hydrogen-bond donors (Lipinski definition) is 1. The van der Waals surface area contributed by atoms with E-state index in [-0.39, 0.29) is 0 Å². The number of carboxylic acid groups (broad SMARTS) is 1. The Morgan fingerprint density at radius 2 is 2.19 bits per heavy atom. The van der Waals surface area contributed by atoms with Crippen LogP contribution in [0.25, 0.3) is 0 Å². The van der Waals surface area contributed by atoms with Crippen LogP contribution in [0.4, 0.5) is 0 Å². The van der Waals surface area contributed by atoms with Crippen LogP contribution in [0.1, 0.15) is 53.5 Å². The summed E-state index contributed by atoms with van der Waals surface area (Å²) in [6, 6.07) is 1.81. The summed E-state index contributed by atoms with van der Waals surface area (Å²) in [6.45, 7) is 6.15. The van der Waals surface area contributed by atoms with Gasteiger partial charge in [-0.1, -0.05) is 13.8 Å². The lowest BCUT2D eigenvalue weighted by Gasteiger charge is -2.27. The van der Waals surface area contributed by atoms with Gasteiger partial charge in [0.2, 0.25) is 0 Å². The molecule has 0 saturated heterocycles. The van der Waals surface area contributed by atoms with E-state index in [4.69, 9.17) is 5.11 Å². The minimum absolute atomic E-state index is 0.347. The molecule has 2 rings (SSSR count). The molecule has 0 spiro atoms. The second-order valence-corrected chi connectivity index (χ2v) is 4.92. The maximum atomic E-state index is 11.0. The quantitative estimate of drug-likeness (QED) is 0.790. The number of carboxylic acids is 1. The highest BCUT2D eigenvalue weighted by Gasteiger charge is 2.24. The molecule has 1 aromatic heterocycles. The van der Waals surface area contributed by atoms with Gasteiger partial charge in [0.05, 0.1) is 11.3 Å². The minimum Gasteiger partial charge on any atom is -0.478 e. The normalized spacial score (nSPS) is 23.9. The molecule has 0 fully saturated rings. The van der Waals surface area contributed by atoms with E-state index in [0.717, 1.165) is 24.1 Å². The molecule has 0 bridgehead atoms. The van der Waals surface area contributed by atoms with Gasteiger partial charge < -0.3 is 5.11 Å². The molecule has 1 aromatic rings. The van der Waals surface area contributed by atoms with Crippen molar-refractivity contribution in [3.63, 3.8) is 0 Å². The molecule has 1 heterocycles. The van der Waals surface area contributed by atoms with Crippen molar-refractivity contribution in [3.8, 4) is 0 Å². The molecular formula is C13H17NO2. The first-order valence-electron chi connectivity index (χ1n) is 5.72. The zero-order valence-corrected chi connectivity index (χ0v) is 9.95. The molecule has 86 valence electrons. The Balaban J connectivity index is 2.52. The summed E-state index contributed by atoms with van der Waals surface area (Å²) in [5.74, 6) is 0.188. The van der Waals surface area contributed by atoms with Gasteiger partial charge in [-0.15, -0.1) is 0 Å². The summed E-state index contributed by atoms with van der Waals surface area (Å²) in [7, 11) is 0. The third kappa shape index (κ3) is 1.82. The minimum atomic E-state index is -0.876. The van der Waals surface area contributed by atoms with Gasteiger partial charge in [0.15, 0.2) is 0 Å². The average molecular weight is 219 g/mol. The maximum Gasteiger partial charge on any atom is 0.337 e. The van der Waals surface area contributed by atoms with E-state index in [1.165, 1.54) is 0 Å². The third-order valence-electron chi connectivity index (χ3n) is 3.35. The smallest absolute Gasteiger partial charge is 0.337 e. The molecule has 0 amide bonds. The summed E-state index contributed by atoms with van der Waals surface area (Å²) in [4.78, 5) is 15.5. The summed E-state index contributed by atoms with van der Waals surface area (Å²) >= 11 is 0. The Bertz CT molecular complexity index is 440. The Kier molecular flexibility index (Phi) is 2.70. The lowest BCUT2D eigenvalue weighted by Crippen LogP contribution is -2.18. The average Bonchev–Trinajstić information content (AvgIpc) is 2.18. The van der Waals surface area contributed by atoms with E-state index < -0.39 is 5.97 Å². The van der Waals surface area contributed by atoms with Crippen LogP contribution in [-0.4, -0.2) is 16.1 Å². The summed E-state index contributed by atoms with van der Waals surface area (Å²) in [5.41, 5.74) is 3.20. The van der Waals surface area contributed by atoms with Crippen molar-refractivity contribution in [1.82, 2.24) is 4.98 Å². The lowest BCUT2D eigenvalue weighted by atomic mass is 9.81. The van der Waals surface area contributed by atoms with E-state index in [1.807, 2.05) is 6.07 Å². The number of fused-ring (bicyclic) bond motifs is 1. The summed E-state index contributed by atoms with van der Waals surface area (Å²) < 4.78 is 0. The second-order valence-electron chi connectivity index (χ2n) is 4.92. The van der Waals surface area contributed by atoms with Crippen molar-refractivity contribution >= 4 is 5.97 Å². The van der Waals surface area contributed by atoms with Crippen molar-refractivity contribution < 1.29 is 9.90 Å². The van der Waals surface area contributed by atoms with Crippen LogP contribution >= 0.6 is 0 Å². The van der Waals surface area contributed by atoms with Gasteiger partial charge in [-0.05, 0) is 43.2 Å². The fraction of sp³-hybridized carbons (Fsp3) is 0.538. The number of rotatable bonds is 1. The van der Waals surface area contributed by atoms with Gasteiger partial charge in [0.1, 0.15) is 0 Å². The summed E-state index contributed by atoms with van der Waals surface area (Å²) in [5, 5.41) is 9.06. The molecular weight excluding hydrogens is 202 g/mol. The highest BCUT2D eigenvalue weighted by molar-refractivity contribution is 5.89. The van der Waals surface area contributed by atoms with Gasteiger partial charge in [0.25, 0.3) is 0 Å². The highest BCUT2D eigenvalue weighted by atomic mass is 16.4. The third-order valence-corrected chi connectivity index (χ3v) is 3.35. The fourth-order valence-electron chi connectivity index (χ4n) is 2.65. The molecule has 3 nitrogen and oxygen atoms in total. The number of pyridine rings is 1. The van der Waals surface area contributed by atoms with Crippen LogP contribution in [0, 0.1) is 12.8 Å². The summed E-state index contributed by atoms with van der Waals surface area (Å²) in [6.07, 6.45) is 2.10. The molecule has 2 atom stereocenters. The Hall–Kier alpha value is -1.38. The topological polar surface area (TPSA) is 50.2 Å². The first kappa shape index (κ1) is 11.1. The standard InChI is InChI=1S/C13H17NO2/c1-7-4-8(2)12-10(5-7)6-11(13(15)16)9(3)14-12/h6-8H,4-5H2,1-3H3,(H,15,16). The molecule has 1 N–H and O–H groups in total. The van der Waals surface area contributed by atoms with E-state index in [0.29, 0.717) is 23.1 Å². The van der Waals surface area contributed by atoms with Crippen LogP contribution in [0.2, 0.25) is 0 Å². The van der Waals surface area contributed by atoms with Crippen molar-refractivity contribution in [2.75, 3.05) is 0 Å². The molecule has 1 aliphatic carbocycles. The Labute approximate surface area is 95.5 Å². The molecule has 2 unspecified atom stereocenters. The monoisotopic (exact) mass is 219 g/mol. The van der Waals surface area contributed by atoms with Crippen LogP contribution in [0.5, 0.6) is 0 Å². The van der Waals surface area contributed by atoms with Crippen molar-refractivity contribution in [1.29, 1.82) is 0 Å². The van der Waals surface area contributed by atoms with Gasteiger partial charge in [0, 0.05) is 5.69 Å². The molecule has 16 heavy (non-hydrogen) atoms. The molecule has 0 aliphatic heterocycles. The number of nitrogens with zero attached hydrogens (tertiary/aromatic N) is 1. The predicted octanol–water partition coefficient (Wildman–Crippen LogP) is 2.77. The lowest BCUT2D eigenvalue weighted by molar-refractivity contribution is 0.0695. The van der Waals surface area contributed by atoms with Crippen LogP contribution in [0.15, 0.2) is 6.07 Å². The number of aryl methyl sites for hydroxylation is 1. The van der Waals surface area contributed by atoms with E-state index in [9.17, 15) is 4.79 Å². The van der Waals surface area contributed by atoms with Crippen molar-refractivity contribution in [2.45, 2.75) is 39.5 Å². The Morgan fingerprint density at radius 3 is 2.81 bits per heavy atom. The number of aromatic carboxylic acids is 1. The predicted molar refractivity (Wildman–Crippen MR) is 61.8 cm³/mol. The first-order valence-corrected chi connectivity index (χ1v) is 5.72. The van der Waals surface area contributed by atoms with Gasteiger partial charge >= 0.3 is 5.97 Å². The number of hydrogen-bond acceptors (Lipinski definition) is 2. The Morgan fingerprint density at radius 1 is 1.50 bits per heavy atom. The van der Waals surface area contributed by atoms with Crippen molar-refractivity contribution in [3.05, 3.63) is 28.6 Å². The molecule has 0 radical (unpaired) electrons.